The summed E-state index contributed by atoms with van der Waals surface area (Å²) in [4.78, 5) is 4.39. The van der Waals surface area contributed by atoms with Gasteiger partial charge in [-0.25, -0.2) is 4.98 Å². The molecule has 15 heavy (non-hydrogen) atoms. The normalized spacial score (nSPS) is 20.1. The fraction of sp³-hybridized carbons (Fsp3) is 0.727. The molecular formula is C11H20N4. The van der Waals surface area contributed by atoms with E-state index < -0.39 is 0 Å². The maximum Gasteiger partial charge on any atom is 0.203 e. The van der Waals surface area contributed by atoms with Gasteiger partial charge in [0.2, 0.25) is 5.95 Å². The van der Waals surface area contributed by atoms with Crippen LogP contribution in [0.5, 0.6) is 0 Å². The molecule has 1 aliphatic heterocycles. The number of nitrogens with one attached hydrogen (secondary N) is 1. The van der Waals surface area contributed by atoms with Crippen LogP contribution in [0.25, 0.3) is 0 Å². The summed E-state index contributed by atoms with van der Waals surface area (Å²) in [6.07, 6.45) is 3.08. The SMILES string of the molecule is CC(C)Cc1cnc2n1CC(CN)CN2. The van der Waals surface area contributed by atoms with Crippen LogP contribution < -0.4 is 11.1 Å². The Morgan fingerprint density at radius 2 is 2.47 bits per heavy atom. The van der Waals surface area contributed by atoms with Crippen LogP contribution in [-0.4, -0.2) is 22.6 Å². The Hall–Kier alpha value is -1.03. The van der Waals surface area contributed by atoms with Crippen LogP contribution in [0.2, 0.25) is 0 Å². The van der Waals surface area contributed by atoms with Crippen molar-refractivity contribution >= 4 is 5.95 Å². The number of fused-ring (bicyclic) bond motifs is 1. The highest BCUT2D eigenvalue weighted by atomic mass is 15.2. The first-order valence-electron chi connectivity index (χ1n) is 5.69. The van der Waals surface area contributed by atoms with Gasteiger partial charge < -0.3 is 15.6 Å². The molecule has 0 amide bonds. The second-order valence-corrected chi connectivity index (χ2v) is 4.76. The summed E-state index contributed by atoms with van der Waals surface area (Å²) in [6, 6.07) is 0. The molecule has 0 bridgehead atoms. The Balaban J connectivity index is 2.18. The molecule has 0 saturated carbocycles. The zero-order chi connectivity index (χ0) is 10.8. The summed E-state index contributed by atoms with van der Waals surface area (Å²) in [5.41, 5.74) is 7.03. The van der Waals surface area contributed by atoms with Crippen molar-refractivity contribution in [2.45, 2.75) is 26.8 Å². The fourth-order valence-electron chi connectivity index (χ4n) is 2.05. The van der Waals surface area contributed by atoms with Crippen LogP contribution in [0, 0.1) is 11.8 Å². The van der Waals surface area contributed by atoms with Crippen molar-refractivity contribution in [2.24, 2.45) is 17.6 Å². The predicted molar refractivity (Wildman–Crippen MR) is 61.8 cm³/mol. The van der Waals surface area contributed by atoms with Crippen molar-refractivity contribution in [1.82, 2.24) is 9.55 Å². The van der Waals surface area contributed by atoms with E-state index in [0.29, 0.717) is 11.8 Å². The zero-order valence-electron chi connectivity index (χ0n) is 9.53. The van der Waals surface area contributed by atoms with Crippen LogP contribution in [0.1, 0.15) is 19.5 Å². The lowest BCUT2D eigenvalue weighted by Crippen LogP contribution is -2.33. The largest absolute Gasteiger partial charge is 0.355 e. The maximum atomic E-state index is 5.71. The highest BCUT2D eigenvalue weighted by Crippen LogP contribution is 2.20. The highest BCUT2D eigenvalue weighted by Gasteiger charge is 2.20. The Bertz CT molecular complexity index is 329. The average molecular weight is 208 g/mol. The molecule has 4 nitrogen and oxygen atoms in total. The second-order valence-electron chi connectivity index (χ2n) is 4.76. The van der Waals surface area contributed by atoms with E-state index >= 15 is 0 Å². The first-order valence-corrected chi connectivity index (χ1v) is 5.69. The molecule has 2 heterocycles. The number of rotatable bonds is 3. The van der Waals surface area contributed by atoms with E-state index in [4.69, 9.17) is 5.73 Å². The van der Waals surface area contributed by atoms with Crippen molar-refractivity contribution < 1.29 is 0 Å². The number of aromatic nitrogens is 2. The topological polar surface area (TPSA) is 55.9 Å². The summed E-state index contributed by atoms with van der Waals surface area (Å²) in [5.74, 6) is 2.22. The molecule has 0 radical (unpaired) electrons. The van der Waals surface area contributed by atoms with Gasteiger partial charge in [0.25, 0.3) is 0 Å². The van der Waals surface area contributed by atoms with Gasteiger partial charge in [0.1, 0.15) is 0 Å². The number of hydrogen-bond donors (Lipinski definition) is 2. The second kappa shape index (κ2) is 4.23. The molecule has 84 valence electrons. The number of hydrogen-bond acceptors (Lipinski definition) is 3. The van der Waals surface area contributed by atoms with Crippen LogP contribution in [-0.2, 0) is 13.0 Å². The molecule has 1 aromatic heterocycles. The third-order valence-electron chi connectivity index (χ3n) is 2.88. The molecular weight excluding hydrogens is 188 g/mol. The van der Waals surface area contributed by atoms with Crippen LogP contribution in [0.15, 0.2) is 6.20 Å². The quantitative estimate of drug-likeness (QED) is 0.781. The maximum absolute atomic E-state index is 5.71. The molecule has 1 aliphatic rings. The number of anilines is 1. The molecule has 1 aromatic rings. The fourth-order valence-corrected chi connectivity index (χ4v) is 2.05. The summed E-state index contributed by atoms with van der Waals surface area (Å²) in [5, 5.41) is 3.33. The molecule has 4 heteroatoms. The molecule has 3 N–H and O–H groups in total. The van der Waals surface area contributed by atoms with Crippen molar-refractivity contribution in [3.05, 3.63) is 11.9 Å². The van der Waals surface area contributed by atoms with Gasteiger partial charge in [0, 0.05) is 24.7 Å². The standard InChI is InChI=1S/C11H20N4/c1-8(2)3-10-6-14-11-13-5-9(4-12)7-15(10)11/h6,8-9H,3-5,7,12H2,1-2H3,(H,13,14). The summed E-state index contributed by atoms with van der Waals surface area (Å²) >= 11 is 0. The Labute approximate surface area is 90.9 Å². The minimum atomic E-state index is 0.539. The van der Waals surface area contributed by atoms with E-state index in [1.54, 1.807) is 0 Å². The zero-order valence-corrected chi connectivity index (χ0v) is 9.53. The van der Waals surface area contributed by atoms with Gasteiger partial charge in [-0.3, -0.25) is 0 Å². The van der Waals surface area contributed by atoms with Crippen molar-refractivity contribution in [2.75, 3.05) is 18.4 Å². The Morgan fingerprint density at radius 1 is 1.67 bits per heavy atom. The molecule has 0 spiro atoms. The van der Waals surface area contributed by atoms with E-state index in [0.717, 1.165) is 32.0 Å². The van der Waals surface area contributed by atoms with E-state index in [-0.39, 0.29) is 0 Å². The first kappa shape index (κ1) is 10.5. The third kappa shape index (κ3) is 2.15. The Kier molecular flexibility index (Phi) is 2.95. The summed E-state index contributed by atoms with van der Waals surface area (Å²) < 4.78 is 2.28. The number of nitrogens with zero attached hydrogens (tertiary/aromatic N) is 2. The number of nitrogens with two attached hydrogens (primary N) is 1. The van der Waals surface area contributed by atoms with Gasteiger partial charge >= 0.3 is 0 Å². The first-order chi connectivity index (χ1) is 7.20. The lowest BCUT2D eigenvalue weighted by atomic mass is 10.1. The predicted octanol–water partition coefficient (Wildman–Crippen LogP) is 1.08. The van der Waals surface area contributed by atoms with Crippen molar-refractivity contribution in [3.63, 3.8) is 0 Å². The molecule has 0 aliphatic carbocycles. The lowest BCUT2D eigenvalue weighted by Gasteiger charge is -2.25. The van der Waals surface area contributed by atoms with E-state index in [1.165, 1.54) is 5.69 Å². The minimum absolute atomic E-state index is 0.539. The van der Waals surface area contributed by atoms with Gasteiger partial charge in [-0.05, 0) is 18.9 Å². The van der Waals surface area contributed by atoms with Gasteiger partial charge in [-0.1, -0.05) is 13.8 Å². The van der Waals surface area contributed by atoms with Gasteiger partial charge in [-0.2, -0.15) is 0 Å². The molecule has 1 atom stereocenters. The Morgan fingerprint density at radius 3 is 3.13 bits per heavy atom. The van der Waals surface area contributed by atoms with Crippen LogP contribution >= 0.6 is 0 Å². The molecule has 0 saturated heterocycles. The van der Waals surface area contributed by atoms with Crippen LogP contribution in [0.4, 0.5) is 5.95 Å². The summed E-state index contributed by atoms with van der Waals surface area (Å²) in [7, 11) is 0. The third-order valence-corrected chi connectivity index (χ3v) is 2.88. The molecule has 0 fully saturated rings. The van der Waals surface area contributed by atoms with Crippen LogP contribution in [0.3, 0.4) is 0 Å². The van der Waals surface area contributed by atoms with Crippen molar-refractivity contribution in [3.8, 4) is 0 Å². The van der Waals surface area contributed by atoms with Gasteiger partial charge in [0.05, 0.1) is 6.20 Å². The van der Waals surface area contributed by atoms with Gasteiger partial charge in [-0.15, -0.1) is 0 Å². The lowest BCUT2D eigenvalue weighted by molar-refractivity contribution is 0.435. The average Bonchev–Trinajstić information content (AvgIpc) is 2.60. The minimum Gasteiger partial charge on any atom is -0.355 e. The number of imidazole rings is 1. The molecule has 0 aromatic carbocycles. The molecule has 2 rings (SSSR count). The monoisotopic (exact) mass is 208 g/mol. The van der Waals surface area contributed by atoms with E-state index in [9.17, 15) is 0 Å². The molecule has 1 unspecified atom stereocenters. The van der Waals surface area contributed by atoms with Crippen molar-refractivity contribution in [1.29, 1.82) is 0 Å². The van der Waals surface area contributed by atoms with E-state index in [2.05, 4.69) is 28.7 Å². The van der Waals surface area contributed by atoms with Gasteiger partial charge in [0.15, 0.2) is 0 Å². The summed E-state index contributed by atoms with van der Waals surface area (Å²) in [6.45, 7) is 7.18. The highest BCUT2D eigenvalue weighted by molar-refractivity contribution is 5.32. The van der Waals surface area contributed by atoms with E-state index in [1.807, 2.05) is 6.20 Å². The smallest absolute Gasteiger partial charge is 0.203 e.